The second kappa shape index (κ2) is 7.35. The summed E-state index contributed by atoms with van der Waals surface area (Å²) in [5.41, 5.74) is 5.70. The van der Waals surface area contributed by atoms with Crippen LogP contribution in [0.3, 0.4) is 0 Å². The standard InChI is InChI=1S/C21H26N2O3S/c1-15-7-8-19(16(2)12-15)14-22(3)21(24)18-9-10-20-17(13-18)6-5-11-23(20)27(4,25)26/h7-10,12-13H,5-6,11,14H2,1-4H3. The number of sulfonamides is 1. The van der Waals surface area contributed by atoms with Gasteiger partial charge in [0.15, 0.2) is 0 Å². The van der Waals surface area contributed by atoms with Crippen molar-refractivity contribution in [1.82, 2.24) is 4.90 Å². The van der Waals surface area contributed by atoms with Gasteiger partial charge in [-0.05, 0) is 61.6 Å². The van der Waals surface area contributed by atoms with Crippen molar-refractivity contribution in [3.8, 4) is 0 Å². The van der Waals surface area contributed by atoms with Gasteiger partial charge in [-0.15, -0.1) is 0 Å². The summed E-state index contributed by atoms with van der Waals surface area (Å²) in [6.07, 6.45) is 2.76. The zero-order chi connectivity index (χ0) is 19.8. The highest BCUT2D eigenvalue weighted by Gasteiger charge is 2.25. The van der Waals surface area contributed by atoms with Gasteiger partial charge in [0, 0.05) is 25.7 Å². The molecule has 0 fully saturated rings. The third-order valence-electron chi connectivity index (χ3n) is 5.06. The monoisotopic (exact) mass is 386 g/mol. The minimum absolute atomic E-state index is 0.0609. The Bertz CT molecular complexity index is 983. The summed E-state index contributed by atoms with van der Waals surface area (Å²) in [6, 6.07) is 11.6. The van der Waals surface area contributed by atoms with Gasteiger partial charge in [0.2, 0.25) is 10.0 Å². The zero-order valence-corrected chi connectivity index (χ0v) is 17.1. The van der Waals surface area contributed by atoms with E-state index in [1.165, 1.54) is 21.7 Å². The van der Waals surface area contributed by atoms with Gasteiger partial charge in [-0.3, -0.25) is 9.10 Å². The van der Waals surface area contributed by atoms with E-state index >= 15 is 0 Å². The molecular formula is C21H26N2O3S. The second-order valence-electron chi connectivity index (χ2n) is 7.37. The Morgan fingerprint density at radius 2 is 1.89 bits per heavy atom. The fourth-order valence-electron chi connectivity index (χ4n) is 3.61. The molecule has 0 bridgehead atoms. The Hall–Kier alpha value is -2.34. The molecule has 0 atom stereocenters. The van der Waals surface area contributed by atoms with Gasteiger partial charge in [0.05, 0.1) is 11.9 Å². The van der Waals surface area contributed by atoms with E-state index in [9.17, 15) is 13.2 Å². The molecule has 0 radical (unpaired) electrons. The molecule has 1 amide bonds. The van der Waals surface area contributed by atoms with Gasteiger partial charge in [-0.1, -0.05) is 23.8 Å². The zero-order valence-electron chi connectivity index (χ0n) is 16.3. The number of fused-ring (bicyclic) bond motifs is 1. The summed E-state index contributed by atoms with van der Waals surface area (Å²) in [6.45, 7) is 5.14. The van der Waals surface area contributed by atoms with Crippen LogP contribution in [-0.4, -0.2) is 39.1 Å². The van der Waals surface area contributed by atoms with Crippen molar-refractivity contribution in [2.75, 3.05) is 24.2 Å². The average molecular weight is 387 g/mol. The summed E-state index contributed by atoms with van der Waals surface area (Å²) < 4.78 is 25.4. The van der Waals surface area contributed by atoms with E-state index < -0.39 is 10.0 Å². The van der Waals surface area contributed by atoms with Crippen LogP contribution >= 0.6 is 0 Å². The minimum atomic E-state index is -3.30. The Balaban J connectivity index is 1.83. The first-order chi connectivity index (χ1) is 12.7. The van der Waals surface area contributed by atoms with Gasteiger partial charge in [-0.2, -0.15) is 0 Å². The van der Waals surface area contributed by atoms with Crippen LogP contribution in [0.2, 0.25) is 0 Å². The van der Waals surface area contributed by atoms with E-state index in [-0.39, 0.29) is 5.91 Å². The number of nitrogens with zero attached hydrogens (tertiary/aromatic N) is 2. The molecule has 0 saturated heterocycles. The first kappa shape index (κ1) is 19.4. The van der Waals surface area contributed by atoms with E-state index in [0.717, 1.165) is 24.0 Å². The van der Waals surface area contributed by atoms with Crippen molar-refractivity contribution >= 4 is 21.6 Å². The number of hydrogen-bond acceptors (Lipinski definition) is 3. The van der Waals surface area contributed by atoms with Crippen molar-refractivity contribution in [3.63, 3.8) is 0 Å². The minimum Gasteiger partial charge on any atom is -0.337 e. The number of carbonyl (C=O) groups excluding carboxylic acids is 1. The number of rotatable bonds is 4. The van der Waals surface area contributed by atoms with Crippen molar-refractivity contribution in [3.05, 3.63) is 64.2 Å². The molecule has 2 aromatic carbocycles. The molecular weight excluding hydrogens is 360 g/mol. The molecule has 0 saturated carbocycles. The smallest absolute Gasteiger partial charge is 0.253 e. The quantitative estimate of drug-likeness (QED) is 0.810. The van der Waals surface area contributed by atoms with Crippen LogP contribution in [0.1, 0.15) is 39.0 Å². The fraction of sp³-hybridized carbons (Fsp3) is 0.381. The van der Waals surface area contributed by atoms with Gasteiger partial charge < -0.3 is 4.90 Å². The lowest BCUT2D eigenvalue weighted by Gasteiger charge is -2.29. The van der Waals surface area contributed by atoms with E-state index in [4.69, 9.17) is 0 Å². The topological polar surface area (TPSA) is 57.7 Å². The van der Waals surface area contributed by atoms with Gasteiger partial charge in [-0.25, -0.2) is 8.42 Å². The lowest BCUT2D eigenvalue weighted by atomic mass is 10.00. The predicted molar refractivity (Wildman–Crippen MR) is 109 cm³/mol. The highest BCUT2D eigenvalue weighted by Crippen LogP contribution is 2.30. The lowest BCUT2D eigenvalue weighted by Crippen LogP contribution is -2.35. The normalized spacial score (nSPS) is 14.0. The van der Waals surface area contributed by atoms with E-state index in [1.807, 2.05) is 6.07 Å². The largest absolute Gasteiger partial charge is 0.337 e. The van der Waals surface area contributed by atoms with E-state index in [2.05, 4.69) is 32.0 Å². The average Bonchev–Trinajstić information content (AvgIpc) is 2.61. The Morgan fingerprint density at radius 3 is 2.56 bits per heavy atom. The molecule has 27 heavy (non-hydrogen) atoms. The molecule has 1 aliphatic heterocycles. The van der Waals surface area contributed by atoms with Crippen LogP contribution in [0.5, 0.6) is 0 Å². The molecule has 1 heterocycles. The molecule has 144 valence electrons. The van der Waals surface area contributed by atoms with Crippen molar-refractivity contribution < 1.29 is 13.2 Å². The first-order valence-electron chi connectivity index (χ1n) is 9.09. The molecule has 5 nitrogen and oxygen atoms in total. The SMILES string of the molecule is Cc1ccc(CN(C)C(=O)c2ccc3c(c2)CCCN3S(C)(=O)=O)c(C)c1. The van der Waals surface area contributed by atoms with Crippen molar-refractivity contribution in [1.29, 1.82) is 0 Å². The third-order valence-corrected chi connectivity index (χ3v) is 6.24. The van der Waals surface area contributed by atoms with Crippen molar-refractivity contribution in [2.45, 2.75) is 33.2 Å². The Kier molecular flexibility index (Phi) is 5.29. The summed E-state index contributed by atoms with van der Waals surface area (Å²) in [7, 11) is -1.50. The first-order valence-corrected chi connectivity index (χ1v) is 10.9. The molecule has 6 heteroatoms. The number of benzene rings is 2. The van der Waals surface area contributed by atoms with Gasteiger partial charge >= 0.3 is 0 Å². The highest BCUT2D eigenvalue weighted by atomic mass is 32.2. The second-order valence-corrected chi connectivity index (χ2v) is 9.28. The summed E-state index contributed by atoms with van der Waals surface area (Å²) in [5, 5.41) is 0. The Morgan fingerprint density at radius 1 is 1.15 bits per heavy atom. The lowest BCUT2D eigenvalue weighted by molar-refractivity contribution is 0.0785. The maximum Gasteiger partial charge on any atom is 0.253 e. The molecule has 0 aliphatic carbocycles. The molecule has 0 N–H and O–H groups in total. The molecule has 3 rings (SSSR count). The third kappa shape index (κ3) is 4.16. The maximum absolute atomic E-state index is 12.9. The van der Waals surface area contributed by atoms with Crippen LogP contribution < -0.4 is 4.31 Å². The molecule has 0 spiro atoms. The van der Waals surface area contributed by atoms with Gasteiger partial charge in [0.25, 0.3) is 5.91 Å². The van der Waals surface area contributed by atoms with E-state index in [0.29, 0.717) is 24.3 Å². The van der Waals surface area contributed by atoms with Crippen LogP contribution in [0.4, 0.5) is 5.69 Å². The number of hydrogen-bond donors (Lipinski definition) is 0. The maximum atomic E-state index is 12.9. The molecule has 2 aromatic rings. The number of carbonyl (C=O) groups is 1. The molecule has 0 unspecified atom stereocenters. The van der Waals surface area contributed by atoms with E-state index in [1.54, 1.807) is 24.1 Å². The van der Waals surface area contributed by atoms with Crippen molar-refractivity contribution in [2.24, 2.45) is 0 Å². The summed E-state index contributed by atoms with van der Waals surface area (Å²) >= 11 is 0. The van der Waals surface area contributed by atoms with Crippen LogP contribution in [0.15, 0.2) is 36.4 Å². The number of amides is 1. The number of aryl methyl sites for hydroxylation is 3. The highest BCUT2D eigenvalue weighted by molar-refractivity contribution is 7.92. The fourth-order valence-corrected chi connectivity index (χ4v) is 4.61. The predicted octanol–water partition coefficient (Wildman–Crippen LogP) is 3.29. The summed E-state index contributed by atoms with van der Waals surface area (Å²) in [5.74, 6) is -0.0609. The van der Waals surface area contributed by atoms with Gasteiger partial charge in [0.1, 0.15) is 0 Å². The molecule has 0 aromatic heterocycles. The van der Waals surface area contributed by atoms with Crippen LogP contribution in [-0.2, 0) is 23.0 Å². The summed E-state index contributed by atoms with van der Waals surface area (Å²) in [4.78, 5) is 14.6. The number of anilines is 1. The molecule has 1 aliphatic rings. The van der Waals surface area contributed by atoms with Crippen LogP contribution in [0.25, 0.3) is 0 Å². The van der Waals surface area contributed by atoms with Crippen LogP contribution in [0, 0.1) is 13.8 Å². The Labute approximate surface area is 161 Å².